The van der Waals surface area contributed by atoms with E-state index in [0.717, 1.165) is 12.8 Å². The van der Waals surface area contributed by atoms with Crippen LogP contribution in [-0.2, 0) is 12.8 Å². The van der Waals surface area contributed by atoms with Crippen LogP contribution in [0.3, 0.4) is 0 Å². The predicted molar refractivity (Wildman–Crippen MR) is 91.6 cm³/mol. The van der Waals surface area contributed by atoms with E-state index < -0.39 is 0 Å². The Bertz CT molecular complexity index is 444. The van der Waals surface area contributed by atoms with Gasteiger partial charge in [-0.05, 0) is 50.7 Å². The zero-order valence-corrected chi connectivity index (χ0v) is 13.3. The van der Waals surface area contributed by atoms with Crippen LogP contribution in [0.15, 0.2) is 60.7 Å². The molecule has 0 saturated carbocycles. The van der Waals surface area contributed by atoms with Gasteiger partial charge in [-0.25, -0.2) is 0 Å². The number of hydrogen-bond acceptors (Lipinski definition) is 1. The third kappa shape index (κ3) is 6.14. The van der Waals surface area contributed by atoms with Crippen molar-refractivity contribution in [1.29, 1.82) is 0 Å². The minimum absolute atomic E-state index is 0.566. The minimum Gasteiger partial charge on any atom is -0.312 e. The van der Waals surface area contributed by atoms with Gasteiger partial charge >= 0.3 is 0 Å². The summed E-state index contributed by atoms with van der Waals surface area (Å²) >= 11 is 0. The lowest BCUT2D eigenvalue weighted by molar-refractivity contribution is 0.428. The van der Waals surface area contributed by atoms with E-state index in [4.69, 9.17) is 0 Å². The van der Waals surface area contributed by atoms with E-state index in [1.54, 1.807) is 0 Å². The van der Waals surface area contributed by atoms with Crippen molar-refractivity contribution in [3.63, 3.8) is 0 Å². The van der Waals surface area contributed by atoms with Crippen molar-refractivity contribution in [3.05, 3.63) is 71.8 Å². The first-order chi connectivity index (χ1) is 10.2. The summed E-state index contributed by atoms with van der Waals surface area (Å²) in [5.41, 5.74) is 2.87. The first-order valence-electron chi connectivity index (χ1n) is 8.08. The van der Waals surface area contributed by atoms with Crippen LogP contribution >= 0.6 is 0 Å². The molecule has 1 nitrogen and oxygen atoms in total. The second kappa shape index (κ2) is 8.63. The molecule has 0 heterocycles. The molecular formula is C20H27N. The summed E-state index contributed by atoms with van der Waals surface area (Å²) in [6, 6.07) is 22.6. The Hall–Kier alpha value is -1.60. The molecule has 0 spiro atoms. The molecule has 0 aliphatic heterocycles. The van der Waals surface area contributed by atoms with Crippen LogP contribution in [-0.4, -0.2) is 12.1 Å². The van der Waals surface area contributed by atoms with Crippen molar-refractivity contribution in [2.24, 2.45) is 0 Å². The lowest BCUT2D eigenvalue weighted by Crippen LogP contribution is -2.35. The Morgan fingerprint density at radius 1 is 0.667 bits per heavy atom. The van der Waals surface area contributed by atoms with Gasteiger partial charge < -0.3 is 5.32 Å². The van der Waals surface area contributed by atoms with Crippen molar-refractivity contribution in [3.8, 4) is 0 Å². The van der Waals surface area contributed by atoms with E-state index in [-0.39, 0.29) is 0 Å². The van der Waals surface area contributed by atoms with Crippen LogP contribution in [0.1, 0.15) is 37.8 Å². The van der Waals surface area contributed by atoms with Gasteiger partial charge in [-0.2, -0.15) is 0 Å². The van der Waals surface area contributed by atoms with Gasteiger partial charge in [0.25, 0.3) is 0 Å². The zero-order chi connectivity index (χ0) is 14.9. The topological polar surface area (TPSA) is 12.0 Å². The van der Waals surface area contributed by atoms with Crippen LogP contribution in [0, 0.1) is 0 Å². The molecule has 0 bridgehead atoms. The van der Waals surface area contributed by atoms with Crippen molar-refractivity contribution < 1.29 is 0 Å². The molecule has 0 saturated heterocycles. The fourth-order valence-electron chi connectivity index (χ4n) is 2.71. The number of rotatable bonds is 8. The third-order valence-electron chi connectivity index (χ3n) is 3.99. The summed E-state index contributed by atoms with van der Waals surface area (Å²) in [7, 11) is 0. The molecule has 0 aliphatic rings. The van der Waals surface area contributed by atoms with E-state index in [2.05, 4.69) is 79.8 Å². The number of hydrogen-bond donors (Lipinski definition) is 1. The van der Waals surface area contributed by atoms with Gasteiger partial charge in [-0.1, -0.05) is 60.7 Å². The standard InChI is InChI=1S/C20H27N/c1-17(13-15-19-9-5-3-6-10-19)21-18(2)14-16-20-11-7-4-8-12-20/h3-12,17-18,21H,13-16H2,1-2H3. The van der Waals surface area contributed by atoms with Gasteiger partial charge in [0.2, 0.25) is 0 Å². The minimum atomic E-state index is 0.566. The number of benzene rings is 2. The maximum absolute atomic E-state index is 3.72. The predicted octanol–water partition coefficient (Wildman–Crippen LogP) is 4.62. The SMILES string of the molecule is CC(CCc1ccccc1)NC(C)CCc1ccccc1. The molecule has 0 aromatic heterocycles. The Morgan fingerprint density at radius 2 is 1.05 bits per heavy atom. The van der Waals surface area contributed by atoms with Crippen molar-refractivity contribution >= 4 is 0 Å². The van der Waals surface area contributed by atoms with E-state index >= 15 is 0 Å². The summed E-state index contributed by atoms with van der Waals surface area (Å²) < 4.78 is 0. The highest BCUT2D eigenvalue weighted by molar-refractivity contribution is 5.15. The Kier molecular flexibility index (Phi) is 6.49. The molecule has 2 rings (SSSR count). The second-order valence-electron chi connectivity index (χ2n) is 6.02. The lowest BCUT2D eigenvalue weighted by Gasteiger charge is -2.20. The average molecular weight is 281 g/mol. The van der Waals surface area contributed by atoms with Gasteiger partial charge in [0.05, 0.1) is 0 Å². The highest BCUT2D eigenvalue weighted by atomic mass is 14.9. The normalized spacial score (nSPS) is 13.8. The maximum Gasteiger partial charge on any atom is 0.00443 e. The van der Waals surface area contributed by atoms with E-state index in [0.29, 0.717) is 12.1 Å². The molecule has 2 unspecified atom stereocenters. The van der Waals surface area contributed by atoms with Gasteiger partial charge in [0.1, 0.15) is 0 Å². The molecule has 1 N–H and O–H groups in total. The molecule has 0 amide bonds. The molecule has 21 heavy (non-hydrogen) atoms. The van der Waals surface area contributed by atoms with Gasteiger partial charge in [0, 0.05) is 12.1 Å². The third-order valence-corrected chi connectivity index (χ3v) is 3.99. The zero-order valence-electron chi connectivity index (χ0n) is 13.3. The maximum atomic E-state index is 3.72. The van der Waals surface area contributed by atoms with E-state index in [9.17, 15) is 0 Å². The van der Waals surface area contributed by atoms with Gasteiger partial charge in [-0.15, -0.1) is 0 Å². The van der Waals surface area contributed by atoms with Crippen LogP contribution in [0.5, 0.6) is 0 Å². The summed E-state index contributed by atoms with van der Waals surface area (Å²) in [6.07, 6.45) is 4.69. The summed E-state index contributed by atoms with van der Waals surface area (Å²) in [5, 5.41) is 3.72. The molecule has 0 aliphatic carbocycles. The van der Waals surface area contributed by atoms with Crippen LogP contribution in [0.4, 0.5) is 0 Å². The average Bonchev–Trinajstić information content (AvgIpc) is 2.53. The Morgan fingerprint density at radius 3 is 1.43 bits per heavy atom. The molecule has 0 radical (unpaired) electrons. The van der Waals surface area contributed by atoms with Gasteiger partial charge in [0.15, 0.2) is 0 Å². The first-order valence-corrected chi connectivity index (χ1v) is 8.08. The first kappa shape index (κ1) is 15.8. The molecule has 112 valence electrons. The second-order valence-corrected chi connectivity index (χ2v) is 6.02. The summed E-state index contributed by atoms with van der Waals surface area (Å²) in [5.74, 6) is 0. The molecule has 1 heteroatoms. The smallest absolute Gasteiger partial charge is 0.00443 e. The lowest BCUT2D eigenvalue weighted by atomic mass is 10.0. The quantitative estimate of drug-likeness (QED) is 0.744. The highest BCUT2D eigenvalue weighted by Crippen LogP contribution is 2.08. The fourth-order valence-corrected chi connectivity index (χ4v) is 2.71. The number of nitrogens with one attached hydrogen (secondary N) is 1. The molecule has 2 aromatic carbocycles. The largest absolute Gasteiger partial charge is 0.312 e. The van der Waals surface area contributed by atoms with Crippen LogP contribution < -0.4 is 5.32 Å². The monoisotopic (exact) mass is 281 g/mol. The summed E-state index contributed by atoms with van der Waals surface area (Å²) in [4.78, 5) is 0. The Labute approximate surface area is 129 Å². The van der Waals surface area contributed by atoms with Crippen LogP contribution in [0.25, 0.3) is 0 Å². The van der Waals surface area contributed by atoms with E-state index in [1.165, 1.54) is 24.0 Å². The summed E-state index contributed by atoms with van der Waals surface area (Å²) in [6.45, 7) is 4.59. The molecule has 2 aromatic rings. The Balaban J connectivity index is 1.66. The van der Waals surface area contributed by atoms with E-state index in [1.807, 2.05) is 0 Å². The van der Waals surface area contributed by atoms with Gasteiger partial charge in [-0.3, -0.25) is 0 Å². The van der Waals surface area contributed by atoms with Crippen LogP contribution in [0.2, 0.25) is 0 Å². The molecule has 0 fully saturated rings. The highest BCUT2D eigenvalue weighted by Gasteiger charge is 2.07. The van der Waals surface area contributed by atoms with Crippen molar-refractivity contribution in [1.82, 2.24) is 5.32 Å². The van der Waals surface area contributed by atoms with Crippen molar-refractivity contribution in [2.45, 2.75) is 51.6 Å². The number of aryl methyl sites for hydroxylation is 2. The van der Waals surface area contributed by atoms with Crippen molar-refractivity contribution in [2.75, 3.05) is 0 Å². The molecule has 2 atom stereocenters. The fraction of sp³-hybridized carbons (Fsp3) is 0.400. The molecular weight excluding hydrogens is 254 g/mol.